The molecule has 2 saturated heterocycles. The van der Waals surface area contributed by atoms with Crippen LogP contribution in [0.4, 0.5) is 0 Å². The highest BCUT2D eigenvalue weighted by Gasteiger charge is 2.17. The Morgan fingerprint density at radius 3 is 2.55 bits per heavy atom. The van der Waals surface area contributed by atoms with Crippen molar-refractivity contribution in [3.8, 4) is 0 Å². The molecule has 2 fully saturated rings. The van der Waals surface area contributed by atoms with Crippen molar-refractivity contribution in [1.29, 1.82) is 0 Å². The number of hydrogen-bond donors (Lipinski definition) is 2. The highest BCUT2D eigenvalue weighted by Crippen LogP contribution is 2.13. The zero-order valence-corrected chi connectivity index (χ0v) is 21.5. The van der Waals surface area contributed by atoms with E-state index in [0.717, 1.165) is 77.9 Å². The van der Waals surface area contributed by atoms with Gasteiger partial charge in [-0.1, -0.05) is 31.2 Å². The Morgan fingerprint density at radius 1 is 1.13 bits per heavy atom. The number of likely N-dealkylation sites (N-methyl/N-ethyl adjacent to an activating group) is 1. The molecule has 0 saturated carbocycles. The van der Waals surface area contributed by atoms with Crippen molar-refractivity contribution in [3.63, 3.8) is 0 Å². The van der Waals surface area contributed by atoms with E-state index in [2.05, 4.69) is 56.6 Å². The molecule has 0 aliphatic carbocycles. The van der Waals surface area contributed by atoms with Crippen LogP contribution in [0, 0.1) is 0 Å². The summed E-state index contributed by atoms with van der Waals surface area (Å²) in [7, 11) is 1.82. The highest BCUT2D eigenvalue weighted by molar-refractivity contribution is 14.0. The third-order valence-corrected chi connectivity index (χ3v) is 5.95. The fourth-order valence-corrected chi connectivity index (χ4v) is 3.96. The van der Waals surface area contributed by atoms with Gasteiger partial charge in [0.25, 0.3) is 0 Å². The van der Waals surface area contributed by atoms with Gasteiger partial charge in [0.05, 0.1) is 12.7 Å². The molecule has 1 aromatic rings. The Bertz CT molecular complexity index is 647. The summed E-state index contributed by atoms with van der Waals surface area (Å²) >= 11 is 0. The minimum atomic E-state index is 0. The maximum Gasteiger partial charge on any atom is 0.191 e. The third kappa shape index (κ3) is 9.21. The second kappa shape index (κ2) is 15.0. The van der Waals surface area contributed by atoms with Gasteiger partial charge in [0, 0.05) is 66.1 Å². The molecular formula is C23H40IN5O2. The fraction of sp³-hybridized carbons (Fsp3) is 0.696. The van der Waals surface area contributed by atoms with Crippen molar-refractivity contribution in [2.75, 3.05) is 66.1 Å². The van der Waals surface area contributed by atoms with Crippen molar-refractivity contribution in [1.82, 2.24) is 20.4 Å². The summed E-state index contributed by atoms with van der Waals surface area (Å²) in [4.78, 5) is 9.44. The van der Waals surface area contributed by atoms with Crippen molar-refractivity contribution in [3.05, 3.63) is 35.4 Å². The van der Waals surface area contributed by atoms with Crippen LogP contribution in [0.2, 0.25) is 0 Å². The highest BCUT2D eigenvalue weighted by atomic mass is 127. The van der Waals surface area contributed by atoms with Gasteiger partial charge in [-0.25, -0.2) is 0 Å². The summed E-state index contributed by atoms with van der Waals surface area (Å²) in [5.74, 6) is 0.838. The lowest BCUT2D eigenvalue weighted by Gasteiger charge is -2.34. The zero-order chi connectivity index (χ0) is 21.0. The average molecular weight is 546 g/mol. The number of piperazine rings is 1. The smallest absolute Gasteiger partial charge is 0.191 e. The van der Waals surface area contributed by atoms with Crippen molar-refractivity contribution in [2.45, 2.75) is 39.0 Å². The minimum Gasteiger partial charge on any atom is -0.379 e. The van der Waals surface area contributed by atoms with Crippen molar-refractivity contribution in [2.24, 2.45) is 4.99 Å². The molecule has 0 aromatic heterocycles. The van der Waals surface area contributed by atoms with E-state index >= 15 is 0 Å². The summed E-state index contributed by atoms with van der Waals surface area (Å²) in [5.41, 5.74) is 2.74. The first-order valence-corrected chi connectivity index (χ1v) is 11.4. The van der Waals surface area contributed by atoms with E-state index in [1.165, 1.54) is 24.2 Å². The number of nitrogens with zero attached hydrogens (tertiary/aromatic N) is 3. The van der Waals surface area contributed by atoms with Gasteiger partial charge >= 0.3 is 0 Å². The van der Waals surface area contributed by atoms with E-state index in [0.29, 0.717) is 0 Å². The zero-order valence-electron chi connectivity index (χ0n) is 19.1. The monoisotopic (exact) mass is 545 g/mol. The Morgan fingerprint density at radius 2 is 1.87 bits per heavy atom. The summed E-state index contributed by atoms with van der Waals surface area (Å²) < 4.78 is 11.2. The molecule has 0 bridgehead atoms. The van der Waals surface area contributed by atoms with Gasteiger partial charge in [-0.15, -0.1) is 24.0 Å². The first kappa shape index (κ1) is 26.3. The topological polar surface area (TPSA) is 61.4 Å². The summed E-state index contributed by atoms with van der Waals surface area (Å²) in [6, 6.07) is 8.73. The first-order valence-electron chi connectivity index (χ1n) is 11.4. The van der Waals surface area contributed by atoms with E-state index in [-0.39, 0.29) is 30.1 Å². The Kier molecular flexibility index (Phi) is 12.7. The maximum atomic E-state index is 5.82. The van der Waals surface area contributed by atoms with Gasteiger partial charge in [0.2, 0.25) is 0 Å². The molecule has 1 aromatic carbocycles. The van der Waals surface area contributed by atoms with Gasteiger partial charge in [0.1, 0.15) is 0 Å². The van der Waals surface area contributed by atoms with Crippen LogP contribution in [0.1, 0.15) is 30.9 Å². The first-order chi connectivity index (χ1) is 14.8. The average Bonchev–Trinajstić information content (AvgIpc) is 3.30. The molecule has 1 atom stereocenters. The standard InChI is InChI=1S/C23H39N5O2.HI/c1-3-27-11-13-28(14-12-27)18-21-8-5-4-7-20(21)17-26-23(24-2)25-10-6-15-30-22-9-16-29-19-22;/h4-5,7-8,22H,3,6,9-19H2,1-2H3,(H2,24,25,26);1H. The number of guanidine groups is 1. The van der Waals surface area contributed by atoms with Crippen LogP contribution in [0.3, 0.4) is 0 Å². The van der Waals surface area contributed by atoms with E-state index in [4.69, 9.17) is 9.47 Å². The summed E-state index contributed by atoms with van der Waals surface area (Å²) in [6.45, 7) is 13.0. The van der Waals surface area contributed by atoms with Crippen LogP contribution in [0.15, 0.2) is 29.3 Å². The lowest BCUT2D eigenvalue weighted by atomic mass is 10.1. The van der Waals surface area contributed by atoms with Crippen LogP contribution >= 0.6 is 24.0 Å². The number of aliphatic imine (C=N–C) groups is 1. The normalized spacial score (nSPS) is 20.5. The van der Waals surface area contributed by atoms with Crippen LogP contribution in [0.25, 0.3) is 0 Å². The summed E-state index contributed by atoms with van der Waals surface area (Å²) in [5, 5.41) is 6.85. The third-order valence-electron chi connectivity index (χ3n) is 5.95. The molecule has 2 heterocycles. The van der Waals surface area contributed by atoms with Gasteiger partial charge in [-0.3, -0.25) is 9.89 Å². The molecule has 176 valence electrons. The second-order valence-electron chi connectivity index (χ2n) is 8.04. The minimum absolute atomic E-state index is 0. The molecular weight excluding hydrogens is 505 g/mol. The van der Waals surface area contributed by atoms with Crippen LogP contribution in [-0.4, -0.2) is 88.0 Å². The van der Waals surface area contributed by atoms with Crippen LogP contribution in [-0.2, 0) is 22.6 Å². The molecule has 0 spiro atoms. The van der Waals surface area contributed by atoms with Gasteiger partial charge in [-0.05, 0) is 30.5 Å². The van der Waals surface area contributed by atoms with Gasteiger partial charge < -0.3 is 25.0 Å². The number of benzene rings is 1. The number of nitrogens with one attached hydrogen (secondary N) is 2. The molecule has 7 nitrogen and oxygen atoms in total. The number of hydrogen-bond acceptors (Lipinski definition) is 5. The SMILES string of the molecule is CCN1CCN(Cc2ccccc2CNC(=NC)NCCCOC2CCOC2)CC1.I. The fourth-order valence-electron chi connectivity index (χ4n) is 3.96. The molecule has 1 unspecified atom stereocenters. The van der Waals surface area contributed by atoms with E-state index in [9.17, 15) is 0 Å². The summed E-state index contributed by atoms with van der Waals surface area (Å²) in [6.07, 6.45) is 2.26. The molecule has 0 amide bonds. The molecule has 31 heavy (non-hydrogen) atoms. The number of halogens is 1. The molecule has 2 aliphatic heterocycles. The van der Waals surface area contributed by atoms with Gasteiger partial charge in [-0.2, -0.15) is 0 Å². The van der Waals surface area contributed by atoms with Crippen molar-refractivity contribution >= 4 is 29.9 Å². The Hall–Kier alpha value is -0.940. The molecule has 2 N–H and O–H groups in total. The quantitative estimate of drug-likeness (QED) is 0.204. The van der Waals surface area contributed by atoms with Gasteiger partial charge in [0.15, 0.2) is 5.96 Å². The Labute approximate surface area is 205 Å². The maximum absolute atomic E-state index is 5.82. The van der Waals surface area contributed by atoms with E-state index in [1.54, 1.807) is 0 Å². The lowest BCUT2D eigenvalue weighted by molar-refractivity contribution is 0.0420. The number of ether oxygens (including phenoxy) is 2. The largest absolute Gasteiger partial charge is 0.379 e. The number of rotatable bonds is 10. The molecule has 3 rings (SSSR count). The van der Waals surface area contributed by atoms with Crippen LogP contribution in [0.5, 0.6) is 0 Å². The molecule has 2 aliphatic rings. The molecule has 8 heteroatoms. The van der Waals surface area contributed by atoms with Crippen LogP contribution < -0.4 is 10.6 Å². The van der Waals surface area contributed by atoms with Crippen molar-refractivity contribution < 1.29 is 9.47 Å². The predicted molar refractivity (Wildman–Crippen MR) is 137 cm³/mol. The van der Waals surface area contributed by atoms with E-state index in [1.807, 2.05) is 7.05 Å². The second-order valence-corrected chi connectivity index (χ2v) is 8.04. The lowest BCUT2D eigenvalue weighted by Crippen LogP contribution is -2.45. The predicted octanol–water partition coefficient (Wildman–Crippen LogP) is 2.30. The molecule has 0 radical (unpaired) electrons. The van der Waals surface area contributed by atoms with E-state index < -0.39 is 0 Å². The Balaban J connectivity index is 0.00000341.